The molecule has 10 nitrogen and oxygen atoms in total. The Balaban J connectivity index is 2.00. The van der Waals surface area contributed by atoms with Crippen molar-refractivity contribution >= 4 is 27.5 Å². The normalized spacial score (nSPS) is 23.0. The Morgan fingerprint density at radius 1 is 1.32 bits per heavy atom. The van der Waals surface area contributed by atoms with Gasteiger partial charge in [-0.05, 0) is 31.9 Å². The van der Waals surface area contributed by atoms with Crippen LogP contribution in [0.25, 0.3) is 0 Å². The summed E-state index contributed by atoms with van der Waals surface area (Å²) < 4.78 is 37.0. The van der Waals surface area contributed by atoms with Crippen molar-refractivity contribution in [2.24, 2.45) is 11.8 Å². The lowest BCUT2D eigenvalue weighted by Crippen LogP contribution is -2.50. The maximum Gasteiger partial charge on any atom is 0.258 e. The van der Waals surface area contributed by atoms with Crippen LogP contribution >= 0.6 is 0 Å². The molecule has 2 amide bonds. The Hall–Kier alpha value is -2.21. The number of carbonyl (C=O) groups excluding carboxylic acids is 2. The van der Waals surface area contributed by atoms with E-state index >= 15 is 0 Å². The van der Waals surface area contributed by atoms with Crippen molar-refractivity contribution in [3.05, 3.63) is 23.8 Å². The smallest absolute Gasteiger partial charge is 0.258 e. The lowest BCUT2D eigenvalue weighted by molar-refractivity contribution is -0.122. The Labute approximate surface area is 201 Å². The minimum atomic E-state index is -3.46. The Morgan fingerprint density at radius 3 is 2.62 bits per heavy atom. The van der Waals surface area contributed by atoms with Crippen molar-refractivity contribution in [1.82, 2.24) is 9.21 Å². The number of carbonyl (C=O) groups is 2. The van der Waals surface area contributed by atoms with Crippen molar-refractivity contribution < 1.29 is 32.6 Å². The molecule has 0 unspecified atom stereocenters. The third-order valence-electron chi connectivity index (χ3n) is 6.54. The highest BCUT2D eigenvalue weighted by Gasteiger charge is 2.35. The predicted molar refractivity (Wildman–Crippen MR) is 127 cm³/mol. The van der Waals surface area contributed by atoms with Gasteiger partial charge in [-0.15, -0.1) is 0 Å². The van der Waals surface area contributed by atoms with E-state index in [-0.39, 0.29) is 54.7 Å². The molecule has 34 heavy (non-hydrogen) atoms. The topological polar surface area (TPSA) is 125 Å². The van der Waals surface area contributed by atoms with Crippen LogP contribution < -0.4 is 10.1 Å². The summed E-state index contributed by atoms with van der Waals surface area (Å²) >= 11 is 0. The lowest BCUT2D eigenvalue weighted by atomic mass is 9.98. The van der Waals surface area contributed by atoms with E-state index in [1.54, 1.807) is 30.0 Å². The molecule has 1 aromatic carbocycles. The second kappa shape index (κ2) is 11.0. The summed E-state index contributed by atoms with van der Waals surface area (Å²) in [6, 6.07) is 4.51. The van der Waals surface area contributed by atoms with E-state index < -0.39 is 22.2 Å². The minimum absolute atomic E-state index is 0.0667. The summed E-state index contributed by atoms with van der Waals surface area (Å²) in [5, 5.41) is 12.7. The molecule has 0 saturated carbocycles. The number of fused-ring (bicyclic) bond motifs is 1. The summed E-state index contributed by atoms with van der Waals surface area (Å²) in [5.41, 5.74) is 0.615. The van der Waals surface area contributed by atoms with Crippen LogP contribution in [0.3, 0.4) is 0 Å². The minimum Gasteiger partial charge on any atom is -0.486 e. The van der Waals surface area contributed by atoms with E-state index in [0.717, 1.165) is 6.26 Å². The molecule has 2 N–H and O–H groups in total. The molecule has 0 aromatic heterocycles. The van der Waals surface area contributed by atoms with Crippen molar-refractivity contribution in [2.75, 3.05) is 51.5 Å². The number of amides is 2. The fourth-order valence-electron chi connectivity index (χ4n) is 4.14. The number of rotatable bonds is 7. The second-order valence-corrected chi connectivity index (χ2v) is 11.3. The molecule has 1 saturated heterocycles. The van der Waals surface area contributed by atoms with Gasteiger partial charge in [-0.1, -0.05) is 13.0 Å². The number of hydrogen-bond acceptors (Lipinski definition) is 7. The molecule has 190 valence electrons. The summed E-state index contributed by atoms with van der Waals surface area (Å²) in [6.45, 7) is 4.79. The van der Waals surface area contributed by atoms with E-state index in [0.29, 0.717) is 31.7 Å². The van der Waals surface area contributed by atoms with Gasteiger partial charge in [0, 0.05) is 38.6 Å². The molecular formula is C23H35N3O7S. The summed E-state index contributed by atoms with van der Waals surface area (Å²) in [7, 11) is -1.99. The first-order valence-electron chi connectivity index (χ1n) is 11.5. The van der Waals surface area contributed by atoms with Gasteiger partial charge in [-0.2, -0.15) is 0 Å². The first-order chi connectivity index (χ1) is 16.0. The number of aliphatic hydroxyl groups is 1. The molecule has 2 aliphatic heterocycles. The number of hydrogen-bond donors (Lipinski definition) is 2. The molecule has 0 aliphatic carbocycles. The first-order valence-corrected chi connectivity index (χ1v) is 13.4. The fourth-order valence-corrected chi connectivity index (χ4v) is 4.56. The first kappa shape index (κ1) is 26.4. The van der Waals surface area contributed by atoms with E-state index in [1.807, 2.05) is 6.92 Å². The van der Waals surface area contributed by atoms with Crippen molar-refractivity contribution in [3.63, 3.8) is 0 Å². The fraction of sp³-hybridized carbons (Fsp3) is 0.652. The summed E-state index contributed by atoms with van der Waals surface area (Å²) in [4.78, 5) is 28.0. The number of para-hydroxylation sites is 1. The van der Waals surface area contributed by atoms with Crippen LogP contribution in [0.2, 0.25) is 0 Å². The van der Waals surface area contributed by atoms with Gasteiger partial charge in [0.1, 0.15) is 6.10 Å². The van der Waals surface area contributed by atoms with Gasteiger partial charge in [-0.3, -0.25) is 9.59 Å². The molecule has 1 aromatic rings. The zero-order chi connectivity index (χ0) is 25.0. The SMILES string of the molecule is C[C@H]1CN([C@@H](C)CO)C(=O)c2cccc(NC(=O)C3CCOCC3)c2O[C@H]1CN(C)S(C)(=O)=O. The van der Waals surface area contributed by atoms with Gasteiger partial charge in [0.2, 0.25) is 15.9 Å². The lowest BCUT2D eigenvalue weighted by Gasteiger charge is -2.38. The highest BCUT2D eigenvalue weighted by molar-refractivity contribution is 7.88. The van der Waals surface area contributed by atoms with Crippen LogP contribution in [0.4, 0.5) is 5.69 Å². The number of benzene rings is 1. The highest BCUT2D eigenvalue weighted by atomic mass is 32.2. The Bertz CT molecular complexity index is 994. The van der Waals surface area contributed by atoms with E-state index in [9.17, 15) is 23.1 Å². The van der Waals surface area contributed by atoms with Crippen molar-refractivity contribution in [3.8, 4) is 5.75 Å². The largest absolute Gasteiger partial charge is 0.486 e. The maximum atomic E-state index is 13.5. The number of ether oxygens (including phenoxy) is 2. The van der Waals surface area contributed by atoms with Crippen LogP contribution in [0.1, 0.15) is 37.0 Å². The maximum absolute atomic E-state index is 13.5. The summed E-state index contributed by atoms with van der Waals surface area (Å²) in [6.07, 6.45) is 1.75. The number of likely N-dealkylation sites (N-methyl/N-ethyl adjacent to an activating group) is 1. The van der Waals surface area contributed by atoms with Crippen LogP contribution in [-0.4, -0.2) is 92.9 Å². The number of nitrogens with zero attached hydrogens (tertiary/aromatic N) is 2. The zero-order valence-corrected chi connectivity index (χ0v) is 21.0. The number of nitrogens with one attached hydrogen (secondary N) is 1. The van der Waals surface area contributed by atoms with Crippen LogP contribution in [0.5, 0.6) is 5.75 Å². The van der Waals surface area contributed by atoms with Crippen molar-refractivity contribution in [1.29, 1.82) is 0 Å². The van der Waals surface area contributed by atoms with Crippen LogP contribution in [0.15, 0.2) is 18.2 Å². The third-order valence-corrected chi connectivity index (χ3v) is 7.83. The quantitative estimate of drug-likeness (QED) is 0.579. The van der Waals surface area contributed by atoms with E-state index in [2.05, 4.69) is 5.32 Å². The number of sulfonamides is 1. The highest BCUT2D eigenvalue weighted by Crippen LogP contribution is 2.35. The molecule has 1 fully saturated rings. The van der Waals surface area contributed by atoms with E-state index in [1.165, 1.54) is 11.4 Å². The Kier molecular flexibility index (Phi) is 8.56. The van der Waals surface area contributed by atoms with Crippen LogP contribution in [-0.2, 0) is 19.6 Å². The number of anilines is 1. The van der Waals surface area contributed by atoms with Gasteiger partial charge >= 0.3 is 0 Å². The van der Waals surface area contributed by atoms with Gasteiger partial charge in [0.25, 0.3) is 5.91 Å². The molecule has 3 rings (SSSR count). The second-order valence-electron chi connectivity index (χ2n) is 9.22. The van der Waals surface area contributed by atoms with Gasteiger partial charge in [-0.25, -0.2) is 12.7 Å². The third kappa shape index (κ3) is 6.07. The molecule has 0 spiro atoms. The summed E-state index contributed by atoms with van der Waals surface area (Å²) in [5.74, 6) is -0.740. The monoisotopic (exact) mass is 497 g/mol. The molecule has 0 bridgehead atoms. The average molecular weight is 498 g/mol. The average Bonchev–Trinajstić information content (AvgIpc) is 2.81. The van der Waals surface area contributed by atoms with Gasteiger partial charge < -0.3 is 24.8 Å². The Morgan fingerprint density at radius 2 is 2.00 bits per heavy atom. The molecule has 2 aliphatic rings. The van der Waals surface area contributed by atoms with Gasteiger partial charge in [0.15, 0.2) is 5.75 Å². The molecule has 0 radical (unpaired) electrons. The molecular weight excluding hydrogens is 462 g/mol. The predicted octanol–water partition coefficient (Wildman–Crippen LogP) is 1.16. The van der Waals surface area contributed by atoms with Crippen molar-refractivity contribution in [2.45, 2.75) is 38.8 Å². The standard InChI is InChI=1S/C23H35N3O7S/c1-15-12-26(16(2)14-27)23(29)18-6-5-7-19(24-22(28)17-8-10-32-11-9-17)21(18)33-20(15)13-25(3)34(4,30)31/h5-7,15-17,20,27H,8-14H2,1-4H3,(H,24,28)/t15-,16-,20-/m0/s1. The molecule has 2 heterocycles. The van der Waals surface area contributed by atoms with Gasteiger partial charge in [0.05, 0.1) is 36.7 Å². The molecule has 3 atom stereocenters. The molecule has 11 heteroatoms. The van der Waals surface area contributed by atoms with E-state index in [4.69, 9.17) is 9.47 Å². The zero-order valence-electron chi connectivity index (χ0n) is 20.2. The number of aliphatic hydroxyl groups excluding tert-OH is 1. The van der Waals surface area contributed by atoms with Crippen LogP contribution in [0, 0.1) is 11.8 Å².